The number of hydrogen-bond donors (Lipinski definition) is 1. The van der Waals surface area contributed by atoms with Gasteiger partial charge in [0.2, 0.25) is 10.0 Å². The lowest BCUT2D eigenvalue weighted by Crippen LogP contribution is -2.43. The molecule has 1 heterocycles. The molecular formula is C15H23FN2O2S. The SMILES string of the molecule is CC(CN1CCCCC1)NS(=O)(=O)Cc1cccc(F)c1. The molecule has 21 heavy (non-hydrogen) atoms. The van der Waals surface area contributed by atoms with Gasteiger partial charge in [0.25, 0.3) is 0 Å². The lowest BCUT2D eigenvalue weighted by molar-refractivity contribution is 0.215. The normalized spacial score (nSPS) is 18.6. The number of rotatable bonds is 6. The van der Waals surface area contributed by atoms with Crippen molar-refractivity contribution in [1.29, 1.82) is 0 Å². The number of halogens is 1. The van der Waals surface area contributed by atoms with Crippen molar-refractivity contribution in [2.45, 2.75) is 38.0 Å². The van der Waals surface area contributed by atoms with Gasteiger partial charge in [0.1, 0.15) is 5.82 Å². The number of nitrogens with zero attached hydrogens (tertiary/aromatic N) is 1. The summed E-state index contributed by atoms with van der Waals surface area (Å²) in [6.45, 7) is 4.67. The number of hydrogen-bond acceptors (Lipinski definition) is 3. The summed E-state index contributed by atoms with van der Waals surface area (Å²) in [6.07, 6.45) is 3.63. The van der Waals surface area contributed by atoms with E-state index in [1.54, 1.807) is 6.07 Å². The van der Waals surface area contributed by atoms with Gasteiger partial charge < -0.3 is 4.90 Å². The van der Waals surface area contributed by atoms with Crippen LogP contribution in [0, 0.1) is 5.82 Å². The van der Waals surface area contributed by atoms with Crippen LogP contribution in [0.25, 0.3) is 0 Å². The van der Waals surface area contributed by atoms with E-state index < -0.39 is 15.8 Å². The standard InChI is InChI=1S/C15H23FN2O2S/c1-13(11-18-8-3-2-4-9-18)17-21(19,20)12-14-6-5-7-15(16)10-14/h5-7,10,13,17H,2-4,8-9,11-12H2,1H3. The van der Waals surface area contributed by atoms with Crippen LogP contribution in [0.5, 0.6) is 0 Å². The highest BCUT2D eigenvalue weighted by molar-refractivity contribution is 7.88. The highest BCUT2D eigenvalue weighted by Gasteiger charge is 2.19. The fourth-order valence-electron chi connectivity index (χ4n) is 2.76. The van der Waals surface area contributed by atoms with Gasteiger partial charge in [0, 0.05) is 12.6 Å². The van der Waals surface area contributed by atoms with Gasteiger partial charge in [0.05, 0.1) is 5.75 Å². The summed E-state index contributed by atoms with van der Waals surface area (Å²) >= 11 is 0. The van der Waals surface area contributed by atoms with Gasteiger partial charge in [-0.25, -0.2) is 17.5 Å². The van der Waals surface area contributed by atoms with Crippen LogP contribution < -0.4 is 4.72 Å². The van der Waals surface area contributed by atoms with Crippen molar-refractivity contribution < 1.29 is 12.8 Å². The molecule has 1 atom stereocenters. The first-order valence-electron chi connectivity index (χ1n) is 7.41. The Labute approximate surface area is 126 Å². The third-order valence-corrected chi connectivity index (χ3v) is 5.08. The van der Waals surface area contributed by atoms with Gasteiger partial charge in [-0.15, -0.1) is 0 Å². The smallest absolute Gasteiger partial charge is 0.216 e. The zero-order valence-corrected chi connectivity index (χ0v) is 13.2. The second kappa shape index (κ2) is 7.33. The molecule has 1 aromatic carbocycles. The van der Waals surface area contributed by atoms with Gasteiger partial charge in [-0.2, -0.15) is 0 Å². The molecule has 0 amide bonds. The van der Waals surface area contributed by atoms with Crippen molar-refractivity contribution in [2.75, 3.05) is 19.6 Å². The number of nitrogens with one attached hydrogen (secondary N) is 1. The molecule has 2 rings (SSSR count). The van der Waals surface area contributed by atoms with E-state index in [0.717, 1.165) is 19.6 Å². The lowest BCUT2D eigenvalue weighted by Gasteiger charge is -2.29. The van der Waals surface area contributed by atoms with Crippen LogP contribution in [-0.4, -0.2) is 39.0 Å². The molecule has 1 N–H and O–H groups in total. The minimum absolute atomic E-state index is 0.137. The first-order valence-corrected chi connectivity index (χ1v) is 9.07. The highest BCUT2D eigenvalue weighted by atomic mass is 32.2. The summed E-state index contributed by atoms with van der Waals surface area (Å²) in [5.41, 5.74) is 0.465. The topological polar surface area (TPSA) is 49.4 Å². The van der Waals surface area contributed by atoms with Crippen molar-refractivity contribution in [1.82, 2.24) is 9.62 Å². The fraction of sp³-hybridized carbons (Fsp3) is 0.600. The molecular weight excluding hydrogens is 291 g/mol. The third kappa shape index (κ3) is 5.73. The molecule has 1 aromatic rings. The van der Waals surface area contributed by atoms with E-state index in [2.05, 4.69) is 9.62 Å². The van der Waals surface area contributed by atoms with Crippen molar-refractivity contribution in [3.05, 3.63) is 35.6 Å². The Balaban J connectivity index is 1.87. The van der Waals surface area contributed by atoms with Crippen LogP contribution in [0.4, 0.5) is 4.39 Å². The summed E-state index contributed by atoms with van der Waals surface area (Å²) in [6, 6.07) is 5.58. The van der Waals surface area contributed by atoms with Gasteiger partial charge in [-0.1, -0.05) is 18.6 Å². The average Bonchev–Trinajstić information content (AvgIpc) is 2.38. The van der Waals surface area contributed by atoms with E-state index in [1.807, 2.05) is 6.92 Å². The predicted molar refractivity (Wildman–Crippen MR) is 81.9 cm³/mol. The second-order valence-corrected chi connectivity index (χ2v) is 7.52. The molecule has 1 aliphatic rings. The Hall–Kier alpha value is -0.980. The zero-order chi connectivity index (χ0) is 15.3. The molecule has 0 aromatic heterocycles. The van der Waals surface area contributed by atoms with E-state index in [1.165, 1.54) is 37.5 Å². The lowest BCUT2D eigenvalue weighted by atomic mass is 10.1. The largest absolute Gasteiger partial charge is 0.302 e. The van der Waals surface area contributed by atoms with E-state index in [9.17, 15) is 12.8 Å². The predicted octanol–water partition coefficient (Wildman–Crippen LogP) is 2.12. The highest BCUT2D eigenvalue weighted by Crippen LogP contribution is 2.10. The average molecular weight is 314 g/mol. The van der Waals surface area contributed by atoms with Crippen molar-refractivity contribution in [2.24, 2.45) is 0 Å². The minimum Gasteiger partial charge on any atom is -0.302 e. The van der Waals surface area contributed by atoms with Gasteiger partial charge in [0.15, 0.2) is 0 Å². The summed E-state index contributed by atoms with van der Waals surface area (Å²) in [4.78, 5) is 2.29. The molecule has 1 aliphatic heterocycles. The molecule has 1 fully saturated rings. The molecule has 0 aliphatic carbocycles. The maximum Gasteiger partial charge on any atom is 0.216 e. The number of likely N-dealkylation sites (tertiary alicyclic amines) is 1. The summed E-state index contributed by atoms with van der Waals surface area (Å²) in [5, 5.41) is 0. The Morgan fingerprint density at radius 3 is 2.67 bits per heavy atom. The molecule has 4 nitrogen and oxygen atoms in total. The summed E-state index contributed by atoms with van der Waals surface area (Å²) in [5.74, 6) is -0.598. The Morgan fingerprint density at radius 2 is 2.00 bits per heavy atom. The number of benzene rings is 1. The van der Waals surface area contributed by atoms with Crippen LogP contribution in [0.1, 0.15) is 31.7 Å². The van der Waals surface area contributed by atoms with Crippen LogP contribution in [0.15, 0.2) is 24.3 Å². The van der Waals surface area contributed by atoms with Crippen LogP contribution >= 0.6 is 0 Å². The molecule has 0 spiro atoms. The zero-order valence-electron chi connectivity index (χ0n) is 12.4. The molecule has 6 heteroatoms. The minimum atomic E-state index is -3.44. The van der Waals surface area contributed by atoms with Gasteiger partial charge in [-0.05, 0) is 50.6 Å². The third-order valence-electron chi connectivity index (χ3n) is 3.61. The van der Waals surface area contributed by atoms with E-state index in [4.69, 9.17) is 0 Å². The van der Waals surface area contributed by atoms with Crippen LogP contribution in [0.2, 0.25) is 0 Å². The molecule has 0 bridgehead atoms. The van der Waals surface area contributed by atoms with Gasteiger partial charge >= 0.3 is 0 Å². The van der Waals surface area contributed by atoms with Crippen LogP contribution in [0.3, 0.4) is 0 Å². The van der Waals surface area contributed by atoms with E-state index >= 15 is 0 Å². The molecule has 1 saturated heterocycles. The summed E-state index contributed by atoms with van der Waals surface area (Å²) in [7, 11) is -3.44. The van der Waals surface area contributed by atoms with Crippen molar-refractivity contribution >= 4 is 10.0 Å². The second-order valence-electron chi connectivity index (χ2n) is 5.77. The fourth-order valence-corrected chi connectivity index (χ4v) is 4.15. The van der Waals surface area contributed by atoms with Crippen molar-refractivity contribution in [3.8, 4) is 0 Å². The molecule has 118 valence electrons. The number of sulfonamides is 1. The maximum absolute atomic E-state index is 13.1. The Bertz CT molecular complexity index is 557. The quantitative estimate of drug-likeness (QED) is 0.875. The number of piperidine rings is 1. The first kappa shape index (κ1) is 16.4. The first-order chi connectivity index (χ1) is 9.94. The maximum atomic E-state index is 13.1. The Morgan fingerprint density at radius 1 is 1.29 bits per heavy atom. The van der Waals surface area contributed by atoms with Gasteiger partial charge in [-0.3, -0.25) is 0 Å². The molecule has 0 saturated carbocycles. The molecule has 1 unspecified atom stereocenters. The Kier molecular flexibility index (Phi) is 5.72. The van der Waals surface area contributed by atoms with Crippen molar-refractivity contribution in [3.63, 3.8) is 0 Å². The molecule has 0 radical (unpaired) electrons. The van der Waals surface area contributed by atoms with E-state index in [0.29, 0.717) is 5.56 Å². The monoisotopic (exact) mass is 314 g/mol. The summed E-state index contributed by atoms with van der Waals surface area (Å²) < 4.78 is 40.0. The van der Waals surface area contributed by atoms with E-state index in [-0.39, 0.29) is 11.8 Å². The van der Waals surface area contributed by atoms with Crippen LogP contribution in [-0.2, 0) is 15.8 Å².